The van der Waals surface area contributed by atoms with E-state index in [9.17, 15) is 0 Å². The second-order valence-electron chi connectivity index (χ2n) is 7.31. The first kappa shape index (κ1) is 18.7. The minimum atomic E-state index is 0.464. The van der Waals surface area contributed by atoms with Crippen molar-refractivity contribution >= 4 is 5.69 Å². The molecule has 0 amide bonds. The molecule has 2 heterocycles. The van der Waals surface area contributed by atoms with Crippen LogP contribution in [0.15, 0.2) is 18.2 Å². The SMILES string of the molecule is CCC(CC)N1COCc2c1cc(C)nc2Oc1c(C)cc(C)cc1C. The van der Waals surface area contributed by atoms with Crippen LogP contribution in [0, 0.1) is 27.7 Å². The van der Waals surface area contributed by atoms with E-state index in [0.717, 1.165) is 41.0 Å². The van der Waals surface area contributed by atoms with Gasteiger partial charge in [0.25, 0.3) is 0 Å². The highest BCUT2D eigenvalue weighted by Crippen LogP contribution is 2.38. The van der Waals surface area contributed by atoms with Gasteiger partial charge in [0.05, 0.1) is 17.9 Å². The van der Waals surface area contributed by atoms with E-state index in [0.29, 0.717) is 25.3 Å². The zero-order valence-electron chi connectivity index (χ0n) is 16.8. The first-order chi connectivity index (χ1) is 12.4. The predicted molar refractivity (Wildman–Crippen MR) is 106 cm³/mol. The van der Waals surface area contributed by atoms with Gasteiger partial charge in [0.15, 0.2) is 0 Å². The number of nitrogens with zero attached hydrogens (tertiary/aromatic N) is 2. The molecule has 1 aromatic heterocycles. The summed E-state index contributed by atoms with van der Waals surface area (Å²) in [6, 6.07) is 6.93. The second kappa shape index (κ2) is 7.67. The molecule has 0 aliphatic carbocycles. The number of fused-ring (bicyclic) bond motifs is 1. The van der Waals surface area contributed by atoms with Crippen LogP contribution in [0.4, 0.5) is 5.69 Å². The van der Waals surface area contributed by atoms with Crippen molar-refractivity contribution in [1.82, 2.24) is 4.98 Å². The van der Waals surface area contributed by atoms with Crippen molar-refractivity contribution in [2.24, 2.45) is 0 Å². The third-order valence-corrected chi connectivity index (χ3v) is 5.16. The molecular formula is C22H30N2O2. The fraction of sp³-hybridized carbons (Fsp3) is 0.500. The molecule has 0 unspecified atom stereocenters. The highest BCUT2D eigenvalue weighted by atomic mass is 16.5. The highest BCUT2D eigenvalue weighted by Gasteiger charge is 2.27. The summed E-state index contributed by atoms with van der Waals surface area (Å²) in [5.41, 5.74) is 6.73. The minimum absolute atomic E-state index is 0.464. The molecule has 2 aromatic rings. The normalized spacial score (nSPS) is 13.9. The molecule has 140 valence electrons. The summed E-state index contributed by atoms with van der Waals surface area (Å²) < 4.78 is 12.2. The monoisotopic (exact) mass is 354 g/mol. The Kier molecular flexibility index (Phi) is 5.52. The highest BCUT2D eigenvalue weighted by molar-refractivity contribution is 5.60. The third-order valence-electron chi connectivity index (χ3n) is 5.16. The summed E-state index contributed by atoms with van der Waals surface area (Å²) >= 11 is 0. The van der Waals surface area contributed by atoms with E-state index < -0.39 is 0 Å². The molecular weight excluding hydrogens is 324 g/mol. The summed E-state index contributed by atoms with van der Waals surface area (Å²) in [7, 11) is 0. The molecule has 1 aliphatic rings. The van der Waals surface area contributed by atoms with Crippen LogP contribution in [0.3, 0.4) is 0 Å². The Bertz CT molecular complexity index is 774. The van der Waals surface area contributed by atoms with Gasteiger partial charge in [-0.05, 0) is 57.7 Å². The second-order valence-corrected chi connectivity index (χ2v) is 7.31. The fourth-order valence-electron chi connectivity index (χ4n) is 3.90. The maximum absolute atomic E-state index is 6.35. The summed E-state index contributed by atoms with van der Waals surface area (Å²) in [5, 5.41) is 0. The molecule has 1 aliphatic heterocycles. The Morgan fingerprint density at radius 3 is 2.35 bits per heavy atom. The van der Waals surface area contributed by atoms with E-state index in [2.05, 4.69) is 57.7 Å². The van der Waals surface area contributed by atoms with Gasteiger partial charge in [0, 0.05) is 11.7 Å². The molecule has 0 bridgehead atoms. The molecule has 1 aromatic carbocycles. The Morgan fingerprint density at radius 1 is 1.08 bits per heavy atom. The van der Waals surface area contributed by atoms with Crippen LogP contribution in [0.1, 0.15) is 54.6 Å². The molecule has 3 rings (SSSR count). The van der Waals surface area contributed by atoms with Crippen molar-refractivity contribution in [3.8, 4) is 11.6 Å². The van der Waals surface area contributed by atoms with E-state index in [4.69, 9.17) is 14.5 Å². The Hall–Kier alpha value is -2.07. The van der Waals surface area contributed by atoms with Crippen molar-refractivity contribution in [3.63, 3.8) is 0 Å². The molecule has 0 spiro atoms. The predicted octanol–water partition coefficient (Wildman–Crippen LogP) is 5.59. The van der Waals surface area contributed by atoms with Gasteiger partial charge in [0.2, 0.25) is 5.88 Å². The first-order valence-electron chi connectivity index (χ1n) is 9.55. The lowest BCUT2D eigenvalue weighted by molar-refractivity contribution is 0.101. The van der Waals surface area contributed by atoms with Crippen LogP contribution >= 0.6 is 0 Å². The Morgan fingerprint density at radius 2 is 1.73 bits per heavy atom. The number of pyridine rings is 1. The number of benzene rings is 1. The largest absolute Gasteiger partial charge is 0.438 e. The summed E-state index contributed by atoms with van der Waals surface area (Å²) in [5.74, 6) is 1.57. The van der Waals surface area contributed by atoms with E-state index in [1.165, 1.54) is 11.3 Å². The summed E-state index contributed by atoms with van der Waals surface area (Å²) in [4.78, 5) is 7.06. The molecule has 4 heteroatoms. The molecule has 0 N–H and O–H groups in total. The van der Waals surface area contributed by atoms with Crippen LogP contribution in [0.2, 0.25) is 0 Å². The molecule has 4 nitrogen and oxygen atoms in total. The Labute approximate surface area is 157 Å². The number of anilines is 1. The number of rotatable bonds is 5. The molecule has 0 radical (unpaired) electrons. The lowest BCUT2D eigenvalue weighted by atomic mass is 10.1. The van der Waals surface area contributed by atoms with Gasteiger partial charge in [0.1, 0.15) is 12.5 Å². The van der Waals surface area contributed by atoms with Crippen molar-refractivity contribution in [2.75, 3.05) is 11.6 Å². The van der Waals surface area contributed by atoms with E-state index in [-0.39, 0.29) is 0 Å². The minimum Gasteiger partial charge on any atom is -0.438 e. The van der Waals surface area contributed by atoms with Gasteiger partial charge in [-0.25, -0.2) is 4.98 Å². The van der Waals surface area contributed by atoms with Gasteiger partial charge in [-0.1, -0.05) is 31.5 Å². The van der Waals surface area contributed by atoms with Crippen molar-refractivity contribution in [2.45, 2.75) is 67.0 Å². The maximum Gasteiger partial charge on any atom is 0.227 e. The fourth-order valence-corrected chi connectivity index (χ4v) is 3.90. The van der Waals surface area contributed by atoms with Gasteiger partial charge in [-0.15, -0.1) is 0 Å². The van der Waals surface area contributed by atoms with Crippen LogP contribution in [-0.4, -0.2) is 17.8 Å². The van der Waals surface area contributed by atoms with Gasteiger partial charge >= 0.3 is 0 Å². The van der Waals surface area contributed by atoms with Crippen molar-refractivity contribution < 1.29 is 9.47 Å². The lowest BCUT2D eigenvalue weighted by Crippen LogP contribution is -2.39. The van der Waals surface area contributed by atoms with E-state index in [1.807, 2.05) is 6.92 Å². The van der Waals surface area contributed by atoms with Gasteiger partial charge < -0.3 is 14.4 Å². The smallest absolute Gasteiger partial charge is 0.227 e. The molecule has 0 saturated carbocycles. The topological polar surface area (TPSA) is 34.6 Å². The number of aryl methyl sites for hydroxylation is 4. The van der Waals surface area contributed by atoms with Crippen molar-refractivity contribution in [3.05, 3.63) is 46.1 Å². The number of hydrogen-bond donors (Lipinski definition) is 0. The first-order valence-corrected chi connectivity index (χ1v) is 9.55. The average molecular weight is 354 g/mol. The molecule has 0 saturated heterocycles. The quantitative estimate of drug-likeness (QED) is 0.701. The van der Waals surface area contributed by atoms with Crippen LogP contribution in [-0.2, 0) is 11.3 Å². The van der Waals surface area contributed by atoms with E-state index in [1.54, 1.807) is 0 Å². The molecule has 26 heavy (non-hydrogen) atoms. The number of aromatic nitrogens is 1. The van der Waals surface area contributed by atoms with E-state index >= 15 is 0 Å². The standard InChI is InChI=1S/C22H30N2O2/c1-7-18(8-2)24-13-25-12-19-20(24)11-17(6)23-22(19)26-21-15(4)9-14(3)10-16(21)5/h9-11,18H,7-8,12-13H2,1-6H3. The van der Waals surface area contributed by atoms with Crippen molar-refractivity contribution in [1.29, 1.82) is 0 Å². The number of hydrogen-bond acceptors (Lipinski definition) is 4. The molecule has 0 fully saturated rings. The van der Waals surface area contributed by atoms with Crippen LogP contribution in [0.25, 0.3) is 0 Å². The Balaban J connectivity index is 2.05. The summed E-state index contributed by atoms with van der Waals surface area (Å²) in [6.07, 6.45) is 2.18. The molecule has 0 atom stereocenters. The van der Waals surface area contributed by atoms with Gasteiger partial charge in [-0.2, -0.15) is 0 Å². The number of ether oxygens (including phenoxy) is 2. The van der Waals surface area contributed by atoms with Gasteiger partial charge in [-0.3, -0.25) is 0 Å². The average Bonchev–Trinajstić information content (AvgIpc) is 2.59. The van der Waals surface area contributed by atoms with Crippen LogP contribution in [0.5, 0.6) is 11.6 Å². The summed E-state index contributed by atoms with van der Waals surface area (Å²) in [6.45, 7) is 13.9. The third kappa shape index (κ3) is 3.56. The lowest BCUT2D eigenvalue weighted by Gasteiger charge is -2.37. The zero-order chi connectivity index (χ0) is 18.8. The maximum atomic E-state index is 6.35. The van der Waals surface area contributed by atoms with Crippen LogP contribution < -0.4 is 9.64 Å². The zero-order valence-corrected chi connectivity index (χ0v) is 16.8.